The van der Waals surface area contributed by atoms with E-state index >= 15 is 0 Å². The predicted molar refractivity (Wildman–Crippen MR) is 112 cm³/mol. The number of carbonyl (C=O) groups is 1. The number of carbonyl (C=O) groups excluding carboxylic acids is 1. The van der Waals surface area contributed by atoms with Gasteiger partial charge in [0.25, 0.3) is 5.91 Å². The Bertz CT molecular complexity index is 1010. The molecule has 0 radical (unpaired) electrons. The Morgan fingerprint density at radius 3 is 2.61 bits per heavy atom. The second-order valence-corrected chi connectivity index (χ2v) is 8.05. The molecule has 0 bridgehead atoms. The smallest absolute Gasteiger partial charge is 0.253 e. The Labute approximate surface area is 165 Å². The van der Waals surface area contributed by atoms with Crippen LogP contribution >= 0.6 is 0 Å². The lowest BCUT2D eigenvalue weighted by Crippen LogP contribution is -2.33. The topological polar surface area (TPSA) is 53.4 Å². The Morgan fingerprint density at radius 1 is 1.07 bits per heavy atom. The van der Waals surface area contributed by atoms with Crippen LogP contribution in [-0.4, -0.2) is 39.6 Å². The first-order valence-corrected chi connectivity index (χ1v) is 9.91. The molecule has 1 amide bonds. The highest BCUT2D eigenvalue weighted by molar-refractivity contribution is 5.97. The SMILES string of the molecule is Cc1cc(-c2ccc(C(=O)N3CCC[C@@](C)(O)CC3)cc2)c2ccccc2n1. The molecule has 2 aromatic carbocycles. The number of amides is 1. The molecule has 1 aliphatic heterocycles. The van der Waals surface area contributed by atoms with Gasteiger partial charge in [0.2, 0.25) is 0 Å². The maximum Gasteiger partial charge on any atom is 0.253 e. The molecule has 4 nitrogen and oxygen atoms in total. The summed E-state index contributed by atoms with van der Waals surface area (Å²) in [5, 5.41) is 11.4. The lowest BCUT2D eigenvalue weighted by molar-refractivity contribution is 0.0438. The van der Waals surface area contributed by atoms with Crippen molar-refractivity contribution in [3.8, 4) is 11.1 Å². The number of hydrogen-bond acceptors (Lipinski definition) is 3. The molecule has 1 N–H and O–H groups in total. The van der Waals surface area contributed by atoms with Gasteiger partial charge in [0.15, 0.2) is 0 Å². The zero-order chi connectivity index (χ0) is 19.7. The Kier molecular flexibility index (Phi) is 4.90. The fourth-order valence-corrected chi connectivity index (χ4v) is 3.99. The molecule has 1 saturated heterocycles. The number of pyridine rings is 1. The summed E-state index contributed by atoms with van der Waals surface area (Å²) in [6.07, 6.45) is 2.20. The monoisotopic (exact) mass is 374 g/mol. The number of aromatic nitrogens is 1. The molecule has 2 heterocycles. The minimum absolute atomic E-state index is 0.0417. The van der Waals surface area contributed by atoms with Crippen molar-refractivity contribution in [2.24, 2.45) is 0 Å². The van der Waals surface area contributed by atoms with Gasteiger partial charge in [-0.1, -0.05) is 30.3 Å². The number of nitrogens with zero attached hydrogens (tertiary/aromatic N) is 2. The van der Waals surface area contributed by atoms with Crippen molar-refractivity contribution in [1.82, 2.24) is 9.88 Å². The fraction of sp³-hybridized carbons (Fsp3) is 0.333. The molecule has 28 heavy (non-hydrogen) atoms. The number of aliphatic hydroxyl groups is 1. The zero-order valence-corrected chi connectivity index (χ0v) is 16.5. The quantitative estimate of drug-likeness (QED) is 0.714. The minimum Gasteiger partial charge on any atom is -0.390 e. The maximum absolute atomic E-state index is 12.9. The summed E-state index contributed by atoms with van der Waals surface area (Å²) in [6.45, 7) is 5.16. The summed E-state index contributed by atoms with van der Waals surface area (Å²) in [7, 11) is 0. The summed E-state index contributed by atoms with van der Waals surface area (Å²) in [5.74, 6) is 0.0417. The average molecular weight is 374 g/mol. The van der Waals surface area contributed by atoms with Gasteiger partial charge in [0.1, 0.15) is 0 Å². The largest absolute Gasteiger partial charge is 0.390 e. The number of hydrogen-bond donors (Lipinski definition) is 1. The van der Waals surface area contributed by atoms with Gasteiger partial charge < -0.3 is 10.0 Å². The van der Waals surface area contributed by atoms with E-state index in [0.717, 1.165) is 40.6 Å². The van der Waals surface area contributed by atoms with E-state index in [9.17, 15) is 9.90 Å². The van der Waals surface area contributed by atoms with Crippen LogP contribution in [0, 0.1) is 6.92 Å². The van der Waals surface area contributed by atoms with E-state index in [2.05, 4.69) is 17.1 Å². The molecule has 4 rings (SSSR count). The number of para-hydroxylation sites is 1. The van der Waals surface area contributed by atoms with Gasteiger partial charge in [-0.2, -0.15) is 0 Å². The number of aryl methyl sites for hydroxylation is 1. The van der Waals surface area contributed by atoms with Crippen LogP contribution < -0.4 is 0 Å². The summed E-state index contributed by atoms with van der Waals surface area (Å²) in [5.41, 5.74) is 4.20. The molecule has 0 aliphatic carbocycles. The van der Waals surface area contributed by atoms with Crippen LogP contribution in [0.5, 0.6) is 0 Å². The van der Waals surface area contributed by atoms with E-state index in [4.69, 9.17) is 0 Å². The van der Waals surface area contributed by atoms with Crippen LogP contribution in [0.4, 0.5) is 0 Å². The van der Waals surface area contributed by atoms with Crippen molar-refractivity contribution in [3.63, 3.8) is 0 Å². The second kappa shape index (κ2) is 7.36. The van der Waals surface area contributed by atoms with Crippen molar-refractivity contribution < 1.29 is 9.90 Å². The van der Waals surface area contributed by atoms with Crippen LogP contribution in [0.1, 0.15) is 42.2 Å². The number of rotatable bonds is 2. The summed E-state index contributed by atoms with van der Waals surface area (Å²) < 4.78 is 0. The molecular formula is C24H26N2O2. The highest BCUT2D eigenvalue weighted by atomic mass is 16.3. The third kappa shape index (κ3) is 3.78. The van der Waals surface area contributed by atoms with Crippen molar-refractivity contribution in [1.29, 1.82) is 0 Å². The first-order valence-electron chi connectivity index (χ1n) is 9.91. The molecule has 3 aromatic rings. The Balaban J connectivity index is 1.60. The third-order valence-electron chi connectivity index (χ3n) is 5.64. The van der Waals surface area contributed by atoms with Gasteiger partial charge >= 0.3 is 0 Å². The molecule has 4 heteroatoms. The fourth-order valence-electron chi connectivity index (χ4n) is 3.99. The number of benzene rings is 2. The molecule has 1 atom stereocenters. The normalized spacial score (nSPS) is 20.2. The van der Waals surface area contributed by atoms with Crippen molar-refractivity contribution >= 4 is 16.8 Å². The van der Waals surface area contributed by atoms with Gasteiger partial charge in [0.05, 0.1) is 11.1 Å². The van der Waals surface area contributed by atoms with Gasteiger partial charge in [-0.15, -0.1) is 0 Å². The lowest BCUT2D eigenvalue weighted by Gasteiger charge is -2.22. The van der Waals surface area contributed by atoms with E-state index in [1.807, 2.05) is 61.2 Å². The number of fused-ring (bicyclic) bond motifs is 1. The molecular weight excluding hydrogens is 348 g/mol. The molecule has 144 valence electrons. The van der Waals surface area contributed by atoms with Crippen LogP contribution in [-0.2, 0) is 0 Å². The molecule has 1 fully saturated rings. The molecule has 0 unspecified atom stereocenters. The summed E-state index contributed by atoms with van der Waals surface area (Å²) in [4.78, 5) is 19.4. The van der Waals surface area contributed by atoms with E-state index in [1.54, 1.807) is 0 Å². The highest BCUT2D eigenvalue weighted by Gasteiger charge is 2.27. The number of likely N-dealkylation sites (tertiary alicyclic amines) is 1. The van der Waals surface area contributed by atoms with Crippen LogP contribution in [0.3, 0.4) is 0 Å². The molecule has 0 spiro atoms. The van der Waals surface area contributed by atoms with E-state index in [1.165, 1.54) is 0 Å². The summed E-state index contributed by atoms with van der Waals surface area (Å²) >= 11 is 0. The average Bonchev–Trinajstić information content (AvgIpc) is 2.87. The summed E-state index contributed by atoms with van der Waals surface area (Å²) in [6, 6.07) is 18.1. The minimum atomic E-state index is -0.668. The highest BCUT2D eigenvalue weighted by Crippen LogP contribution is 2.29. The van der Waals surface area contributed by atoms with Gasteiger partial charge in [-0.05, 0) is 68.5 Å². The Hall–Kier alpha value is -2.72. The van der Waals surface area contributed by atoms with E-state index < -0.39 is 5.60 Å². The predicted octanol–water partition coefficient (Wildman–Crippen LogP) is 4.59. The van der Waals surface area contributed by atoms with E-state index in [-0.39, 0.29) is 5.91 Å². The first kappa shape index (κ1) is 18.6. The van der Waals surface area contributed by atoms with Crippen molar-refractivity contribution in [2.75, 3.05) is 13.1 Å². The van der Waals surface area contributed by atoms with Crippen LogP contribution in [0.15, 0.2) is 54.6 Å². The van der Waals surface area contributed by atoms with Crippen molar-refractivity contribution in [2.45, 2.75) is 38.7 Å². The van der Waals surface area contributed by atoms with Crippen LogP contribution in [0.2, 0.25) is 0 Å². The van der Waals surface area contributed by atoms with E-state index in [0.29, 0.717) is 25.1 Å². The Morgan fingerprint density at radius 2 is 1.82 bits per heavy atom. The van der Waals surface area contributed by atoms with Crippen molar-refractivity contribution in [3.05, 3.63) is 65.9 Å². The molecule has 0 saturated carbocycles. The zero-order valence-electron chi connectivity index (χ0n) is 16.5. The standard InChI is InChI=1S/C24H26N2O2/c1-17-16-21(20-6-3-4-7-22(20)25-17)18-8-10-19(11-9-18)23(27)26-14-5-12-24(2,28)13-15-26/h3-4,6-11,16,28H,5,12-15H2,1-2H3/t24-/m1/s1. The second-order valence-electron chi connectivity index (χ2n) is 8.05. The van der Waals surface area contributed by atoms with Gasteiger partial charge in [-0.3, -0.25) is 9.78 Å². The molecule has 1 aliphatic rings. The van der Waals surface area contributed by atoms with Gasteiger partial charge in [0, 0.05) is 29.7 Å². The maximum atomic E-state index is 12.9. The lowest BCUT2D eigenvalue weighted by atomic mass is 9.98. The van der Waals surface area contributed by atoms with Gasteiger partial charge in [-0.25, -0.2) is 0 Å². The first-order chi connectivity index (χ1) is 13.4. The molecule has 1 aromatic heterocycles. The van der Waals surface area contributed by atoms with Crippen LogP contribution in [0.25, 0.3) is 22.0 Å². The third-order valence-corrected chi connectivity index (χ3v) is 5.64.